The van der Waals surface area contributed by atoms with Gasteiger partial charge < -0.3 is 5.43 Å². The number of thioether (sulfide) groups is 1. The number of nitrogens with one attached hydrogen (secondary N) is 2. The second-order valence-electron chi connectivity index (χ2n) is 4.98. The molecule has 1 aliphatic carbocycles. The van der Waals surface area contributed by atoms with Crippen molar-refractivity contribution >= 4 is 43.5 Å². The van der Waals surface area contributed by atoms with Crippen LogP contribution in [0.5, 0.6) is 0 Å². The van der Waals surface area contributed by atoms with Gasteiger partial charge in [-0.1, -0.05) is 0 Å². The first-order valence-corrected chi connectivity index (χ1v) is 10.2. The molecule has 0 unspecified atom stereocenters. The Labute approximate surface area is 137 Å². The second kappa shape index (κ2) is 7.28. The summed E-state index contributed by atoms with van der Waals surface area (Å²) in [7, 11) is -3.64. The maximum absolute atomic E-state index is 12.5. The van der Waals surface area contributed by atoms with Gasteiger partial charge in [-0.3, -0.25) is 0 Å². The fourth-order valence-electron chi connectivity index (χ4n) is 2.43. The van der Waals surface area contributed by atoms with E-state index >= 15 is 0 Å². The first-order valence-electron chi connectivity index (χ1n) is 6.63. The molecule has 0 spiro atoms. The van der Waals surface area contributed by atoms with E-state index < -0.39 is 10.0 Å². The molecule has 0 aliphatic heterocycles. The minimum absolute atomic E-state index is 0.0250. The highest BCUT2D eigenvalue weighted by molar-refractivity contribution is 9.10. The van der Waals surface area contributed by atoms with Crippen LogP contribution in [0.25, 0.3) is 0 Å². The van der Waals surface area contributed by atoms with Crippen LogP contribution in [0.1, 0.15) is 25.7 Å². The van der Waals surface area contributed by atoms with Crippen molar-refractivity contribution in [3.05, 3.63) is 16.7 Å². The maximum Gasteiger partial charge on any atom is 0.244 e. The summed E-state index contributed by atoms with van der Waals surface area (Å²) in [6.45, 7) is 0. The Morgan fingerprint density at radius 3 is 2.62 bits per heavy atom. The van der Waals surface area contributed by atoms with E-state index in [4.69, 9.17) is 5.84 Å². The van der Waals surface area contributed by atoms with Crippen molar-refractivity contribution < 1.29 is 8.42 Å². The maximum atomic E-state index is 12.5. The van der Waals surface area contributed by atoms with Gasteiger partial charge in [-0.15, -0.1) is 0 Å². The Kier molecular flexibility index (Phi) is 5.89. The number of nitrogens with two attached hydrogens (primary N) is 1. The first kappa shape index (κ1) is 17.0. The van der Waals surface area contributed by atoms with Crippen molar-refractivity contribution in [2.45, 2.75) is 41.9 Å². The van der Waals surface area contributed by atoms with E-state index in [0.29, 0.717) is 9.72 Å². The third-order valence-electron chi connectivity index (χ3n) is 3.57. The molecule has 118 valence electrons. The summed E-state index contributed by atoms with van der Waals surface area (Å²) >= 11 is 5.08. The van der Waals surface area contributed by atoms with Crippen LogP contribution in [0.2, 0.25) is 0 Å². The molecule has 1 saturated carbocycles. The molecule has 1 fully saturated rings. The smallest absolute Gasteiger partial charge is 0.244 e. The van der Waals surface area contributed by atoms with Gasteiger partial charge in [0, 0.05) is 22.0 Å². The number of hydrogen-bond acceptors (Lipinski definition) is 6. The Bertz CT molecular complexity index is 589. The number of aromatic nitrogens is 1. The number of pyridine rings is 1. The molecule has 2 rings (SSSR count). The Hall–Kier alpha value is -0.350. The van der Waals surface area contributed by atoms with Gasteiger partial charge in [-0.2, -0.15) is 11.8 Å². The van der Waals surface area contributed by atoms with Gasteiger partial charge in [0.05, 0.1) is 0 Å². The summed E-state index contributed by atoms with van der Waals surface area (Å²) in [6, 6.07) is 1.47. The Morgan fingerprint density at radius 2 is 2.05 bits per heavy atom. The molecule has 1 aromatic rings. The van der Waals surface area contributed by atoms with Gasteiger partial charge in [-0.05, 0) is 53.9 Å². The molecule has 6 nitrogen and oxygen atoms in total. The van der Waals surface area contributed by atoms with Crippen LogP contribution in [-0.4, -0.2) is 30.9 Å². The molecular formula is C12H19BrN4O2S2. The summed E-state index contributed by atoms with van der Waals surface area (Å²) in [5.74, 6) is 5.49. The lowest BCUT2D eigenvalue weighted by molar-refractivity contribution is 0.420. The summed E-state index contributed by atoms with van der Waals surface area (Å²) in [5.41, 5.74) is 2.33. The van der Waals surface area contributed by atoms with E-state index in [9.17, 15) is 8.42 Å². The topological polar surface area (TPSA) is 97.1 Å². The molecule has 4 N–H and O–H groups in total. The van der Waals surface area contributed by atoms with Gasteiger partial charge in [-0.25, -0.2) is 24.0 Å². The van der Waals surface area contributed by atoms with Gasteiger partial charge in [0.15, 0.2) is 5.82 Å². The van der Waals surface area contributed by atoms with Crippen LogP contribution in [-0.2, 0) is 10.0 Å². The molecule has 0 radical (unpaired) electrons. The molecule has 1 aromatic heterocycles. The fraction of sp³-hybridized carbons (Fsp3) is 0.583. The fourth-order valence-corrected chi connectivity index (χ4v) is 5.11. The molecule has 1 heterocycles. The van der Waals surface area contributed by atoms with E-state index in [2.05, 4.69) is 37.3 Å². The third kappa shape index (κ3) is 4.32. The van der Waals surface area contributed by atoms with Crippen molar-refractivity contribution in [2.75, 3.05) is 11.7 Å². The van der Waals surface area contributed by atoms with Gasteiger partial charge in [0.25, 0.3) is 0 Å². The quantitative estimate of drug-likeness (QED) is 0.522. The van der Waals surface area contributed by atoms with Gasteiger partial charge in [0.2, 0.25) is 10.0 Å². The summed E-state index contributed by atoms with van der Waals surface area (Å²) < 4.78 is 28.4. The highest BCUT2D eigenvalue weighted by Crippen LogP contribution is 2.29. The predicted molar refractivity (Wildman–Crippen MR) is 89.6 cm³/mol. The van der Waals surface area contributed by atoms with Gasteiger partial charge >= 0.3 is 0 Å². The van der Waals surface area contributed by atoms with Crippen molar-refractivity contribution in [3.63, 3.8) is 0 Å². The Morgan fingerprint density at radius 1 is 1.38 bits per heavy atom. The van der Waals surface area contributed by atoms with E-state index in [-0.39, 0.29) is 16.8 Å². The first-order chi connectivity index (χ1) is 9.96. The summed E-state index contributed by atoms with van der Waals surface area (Å²) in [6.07, 6.45) is 7.38. The van der Waals surface area contributed by atoms with Crippen molar-refractivity contribution in [1.82, 2.24) is 9.71 Å². The zero-order valence-corrected chi connectivity index (χ0v) is 14.9. The zero-order chi connectivity index (χ0) is 15.5. The molecule has 1 aliphatic rings. The number of nitrogens with zero attached hydrogens (tertiary/aromatic N) is 1. The molecule has 0 amide bonds. The van der Waals surface area contributed by atoms with Crippen molar-refractivity contribution in [1.29, 1.82) is 0 Å². The molecule has 0 bridgehead atoms. The number of rotatable bonds is 5. The van der Waals surface area contributed by atoms with Crippen molar-refractivity contribution in [3.8, 4) is 0 Å². The monoisotopic (exact) mass is 394 g/mol. The Balaban J connectivity index is 2.14. The lowest BCUT2D eigenvalue weighted by Crippen LogP contribution is -2.38. The van der Waals surface area contributed by atoms with E-state index in [1.807, 2.05) is 11.8 Å². The molecule has 0 atom stereocenters. The third-order valence-corrected chi connectivity index (χ3v) is 6.68. The normalized spacial score (nSPS) is 23.0. The largest absolute Gasteiger partial charge is 0.307 e. The van der Waals surface area contributed by atoms with Crippen LogP contribution < -0.4 is 16.0 Å². The lowest BCUT2D eigenvalue weighted by atomic mass is 9.96. The average Bonchev–Trinajstić information content (AvgIpc) is 2.47. The number of nitrogen functional groups attached to an aromatic ring is 1. The second-order valence-corrected chi connectivity index (χ2v) is 8.71. The van der Waals surface area contributed by atoms with Crippen molar-refractivity contribution in [2.24, 2.45) is 5.84 Å². The molecular weight excluding hydrogens is 376 g/mol. The average molecular weight is 395 g/mol. The standard InChI is InChI=1S/C12H19BrN4O2S2/c1-20-10-4-2-9(3-5-10)17-21(18,19)11-6-8(13)7-15-12(11)16-14/h6-7,9-10,17H,2-5,14H2,1H3,(H,15,16). The molecule has 0 aromatic carbocycles. The predicted octanol–water partition coefficient (Wildman–Crippen LogP) is 2.08. The summed E-state index contributed by atoms with van der Waals surface area (Å²) in [4.78, 5) is 4.04. The van der Waals surface area contributed by atoms with Crippen LogP contribution in [0.4, 0.5) is 5.82 Å². The van der Waals surface area contributed by atoms with Crippen LogP contribution in [0, 0.1) is 0 Å². The number of sulfonamides is 1. The van der Waals surface area contributed by atoms with E-state index in [1.165, 1.54) is 12.3 Å². The molecule has 21 heavy (non-hydrogen) atoms. The van der Waals surface area contributed by atoms with Crippen LogP contribution in [0.15, 0.2) is 21.6 Å². The number of halogens is 1. The van der Waals surface area contributed by atoms with Crippen LogP contribution in [0.3, 0.4) is 0 Å². The zero-order valence-electron chi connectivity index (χ0n) is 11.7. The molecule has 0 saturated heterocycles. The van der Waals surface area contributed by atoms with E-state index in [1.54, 1.807) is 0 Å². The number of hydrazine groups is 1. The highest BCUT2D eigenvalue weighted by atomic mass is 79.9. The minimum Gasteiger partial charge on any atom is -0.307 e. The summed E-state index contributed by atoms with van der Waals surface area (Å²) in [5, 5.41) is 0.638. The number of hydrogen-bond donors (Lipinski definition) is 3. The highest BCUT2D eigenvalue weighted by Gasteiger charge is 2.27. The minimum atomic E-state index is -3.64. The van der Waals surface area contributed by atoms with Crippen LogP contribution >= 0.6 is 27.7 Å². The number of anilines is 1. The molecule has 9 heteroatoms. The van der Waals surface area contributed by atoms with Gasteiger partial charge in [0.1, 0.15) is 4.90 Å². The van der Waals surface area contributed by atoms with E-state index in [0.717, 1.165) is 25.7 Å². The lowest BCUT2D eigenvalue weighted by Gasteiger charge is -2.28. The SMILES string of the molecule is CSC1CCC(NS(=O)(=O)c2cc(Br)cnc2NN)CC1.